The molecule has 33 heavy (non-hydrogen) atoms. The Kier molecular flexibility index (Phi) is 7.38. The third-order valence-electron chi connectivity index (χ3n) is 5.62. The molecule has 0 saturated carbocycles. The maximum atomic E-state index is 13.4. The molecule has 2 aromatic rings. The van der Waals surface area contributed by atoms with Gasteiger partial charge < -0.3 is 15.0 Å². The third kappa shape index (κ3) is 5.69. The van der Waals surface area contributed by atoms with Gasteiger partial charge in [0.2, 0.25) is 21.8 Å². The highest BCUT2D eigenvalue weighted by Gasteiger charge is 2.49. The van der Waals surface area contributed by atoms with Crippen LogP contribution in [0.4, 0.5) is 4.39 Å². The number of para-hydroxylation sites is 1. The molecule has 0 aliphatic carbocycles. The van der Waals surface area contributed by atoms with Crippen molar-refractivity contribution < 1.29 is 27.1 Å². The summed E-state index contributed by atoms with van der Waals surface area (Å²) in [5.41, 5.74) is -0.0978. The smallest absolute Gasteiger partial charge is 0.247 e. The zero-order valence-electron chi connectivity index (χ0n) is 18.9. The number of carbonyl (C=O) groups excluding carboxylic acids is 2. The van der Waals surface area contributed by atoms with Crippen LogP contribution in [0.2, 0.25) is 0 Å². The molecule has 1 saturated heterocycles. The lowest BCUT2D eigenvalue weighted by atomic mass is 9.94. The van der Waals surface area contributed by atoms with E-state index in [1.54, 1.807) is 37.3 Å². The molecule has 0 bridgehead atoms. The minimum absolute atomic E-state index is 0.0765. The third-order valence-corrected chi connectivity index (χ3v) is 6.81. The minimum atomic E-state index is -3.71. The summed E-state index contributed by atoms with van der Waals surface area (Å²) in [6.45, 7) is 3.46. The van der Waals surface area contributed by atoms with Gasteiger partial charge in [-0.25, -0.2) is 12.8 Å². The van der Waals surface area contributed by atoms with Crippen molar-refractivity contribution in [3.63, 3.8) is 0 Å². The van der Waals surface area contributed by atoms with Crippen LogP contribution in [0.1, 0.15) is 25.0 Å². The number of hydrogen-bond donors (Lipinski definition) is 1. The van der Waals surface area contributed by atoms with Crippen molar-refractivity contribution in [1.82, 2.24) is 14.5 Å². The van der Waals surface area contributed by atoms with Crippen molar-refractivity contribution in [3.05, 3.63) is 65.5 Å². The standard InChI is InChI=1S/C23H28FN3O5S/c1-4-32-20-8-6-5-7-18(20)14-27-21(28)15-26(33(3,30)31)16-23(27,2)22(29)25-13-17-9-11-19(24)12-10-17/h5-12H,4,13-16H2,1-3H3,(H,25,29)/t23-/m1/s1. The molecule has 10 heteroatoms. The number of nitrogens with zero attached hydrogens (tertiary/aromatic N) is 2. The maximum absolute atomic E-state index is 13.4. The van der Waals surface area contributed by atoms with Crippen LogP contribution >= 0.6 is 0 Å². The molecule has 2 aromatic carbocycles. The number of halogens is 1. The lowest BCUT2D eigenvalue weighted by Gasteiger charge is -2.46. The Bertz CT molecular complexity index is 1120. The highest BCUT2D eigenvalue weighted by molar-refractivity contribution is 7.88. The normalized spacial score (nSPS) is 19.4. The second kappa shape index (κ2) is 9.88. The van der Waals surface area contributed by atoms with Crippen molar-refractivity contribution in [2.45, 2.75) is 32.5 Å². The predicted octanol–water partition coefficient (Wildman–Crippen LogP) is 1.90. The van der Waals surface area contributed by atoms with E-state index in [1.165, 1.54) is 17.0 Å². The average molecular weight is 478 g/mol. The Morgan fingerprint density at radius 1 is 1.18 bits per heavy atom. The number of amides is 2. The van der Waals surface area contributed by atoms with Crippen LogP contribution in [0.15, 0.2) is 48.5 Å². The van der Waals surface area contributed by atoms with Gasteiger partial charge >= 0.3 is 0 Å². The van der Waals surface area contributed by atoms with Crippen LogP contribution in [0.25, 0.3) is 0 Å². The molecule has 3 rings (SSSR count). The van der Waals surface area contributed by atoms with E-state index in [1.807, 2.05) is 13.0 Å². The molecule has 1 atom stereocenters. The summed E-state index contributed by atoms with van der Waals surface area (Å²) in [5, 5.41) is 2.77. The first-order valence-corrected chi connectivity index (χ1v) is 12.4. The molecule has 1 aliphatic rings. The molecular weight excluding hydrogens is 449 g/mol. The van der Waals surface area contributed by atoms with Gasteiger partial charge in [-0.05, 0) is 37.6 Å². The van der Waals surface area contributed by atoms with E-state index in [0.717, 1.165) is 10.6 Å². The van der Waals surface area contributed by atoms with Gasteiger partial charge in [0.25, 0.3) is 0 Å². The van der Waals surface area contributed by atoms with Crippen LogP contribution in [0.3, 0.4) is 0 Å². The van der Waals surface area contributed by atoms with E-state index in [2.05, 4.69) is 5.32 Å². The van der Waals surface area contributed by atoms with Crippen LogP contribution in [0, 0.1) is 5.82 Å². The van der Waals surface area contributed by atoms with E-state index in [9.17, 15) is 22.4 Å². The second-order valence-corrected chi connectivity index (χ2v) is 10.1. The fraction of sp³-hybridized carbons (Fsp3) is 0.391. The zero-order chi connectivity index (χ0) is 24.2. The van der Waals surface area contributed by atoms with Gasteiger partial charge in [0.05, 0.1) is 26.0 Å². The van der Waals surface area contributed by atoms with Crippen LogP contribution in [0.5, 0.6) is 5.75 Å². The van der Waals surface area contributed by atoms with Gasteiger partial charge in [0.15, 0.2) is 0 Å². The molecule has 2 amide bonds. The van der Waals surface area contributed by atoms with Crippen molar-refractivity contribution >= 4 is 21.8 Å². The molecular formula is C23H28FN3O5S. The minimum Gasteiger partial charge on any atom is -0.494 e. The van der Waals surface area contributed by atoms with Crippen molar-refractivity contribution in [1.29, 1.82) is 0 Å². The molecule has 0 aromatic heterocycles. The molecule has 1 N–H and O–H groups in total. The number of hydrogen-bond acceptors (Lipinski definition) is 5. The summed E-state index contributed by atoms with van der Waals surface area (Å²) < 4.78 is 44.3. The Labute approximate surface area is 193 Å². The second-order valence-electron chi connectivity index (χ2n) is 8.13. The van der Waals surface area contributed by atoms with Crippen molar-refractivity contribution in [3.8, 4) is 5.75 Å². The Morgan fingerprint density at radius 3 is 2.48 bits per heavy atom. The fourth-order valence-corrected chi connectivity index (χ4v) is 4.59. The number of carbonyl (C=O) groups is 2. The van der Waals surface area contributed by atoms with Gasteiger partial charge in [0, 0.05) is 18.7 Å². The van der Waals surface area contributed by atoms with E-state index in [-0.39, 0.29) is 26.2 Å². The van der Waals surface area contributed by atoms with E-state index in [0.29, 0.717) is 23.5 Å². The quantitative estimate of drug-likeness (QED) is 0.627. The molecule has 0 spiro atoms. The summed E-state index contributed by atoms with van der Waals surface area (Å²) in [5.74, 6) is -0.801. The van der Waals surface area contributed by atoms with Crippen LogP contribution in [-0.4, -0.2) is 60.9 Å². The number of nitrogens with one attached hydrogen (secondary N) is 1. The summed E-state index contributed by atoms with van der Waals surface area (Å²) >= 11 is 0. The highest BCUT2D eigenvalue weighted by atomic mass is 32.2. The Balaban J connectivity index is 1.91. The summed E-state index contributed by atoms with van der Waals surface area (Å²) in [7, 11) is -3.71. The number of benzene rings is 2. The molecule has 0 unspecified atom stereocenters. The topological polar surface area (TPSA) is 96.0 Å². The molecule has 178 valence electrons. The van der Waals surface area contributed by atoms with Gasteiger partial charge in [-0.2, -0.15) is 4.31 Å². The Hall–Kier alpha value is -2.98. The van der Waals surface area contributed by atoms with E-state index >= 15 is 0 Å². The monoisotopic (exact) mass is 477 g/mol. The van der Waals surface area contributed by atoms with Gasteiger partial charge in [-0.1, -0.05) is 30.3 Å². The lowest BCUT2D eigenvalue weighted by Crippen LogP contribution is -2.69. The molecule has 1 heterocycles. The van der Waals surface area contributed by atoms with E-state index in [4.69, 9.17) is 4.74 Å². The highest BCUT2D eigenvalue weighted by Crippen LogP contribution is 2.29. The van der Waals surface area contributed by atoms with Crippen LogP contribution in [-0.2, 0) is 32.7 Å². The summed E-state index contributed by atoms with van der Waals surface area (Å²) in [4.78, 5) is 27.9. The van der Waals surface area contributed by atoms with Gasteiger partial charge in [-0.3, -0.25) is 9.59 Å². The first-order chi connectivity index (χ1) is 15.5. The molecule has 1 aliphatic heterocycles. The SMILES string of the molecule is CCOc1ccccc1CN1C(=O)CN(S(C)(=O)=O)C[C@]1(C)C(=O)NCc1ccc(F)cc1. The lowest BCUT2D eigenvalue weighted by molar-refractivity contribution is -0.153. The molecule has 0 radical (unpaired) electrons. The fourth-order valence-electron chi connectivity index (χ4n) is 3.76. The summed E-state index contributed by atoms with van der Waals surface area (Å²) in [6, 6.07) is 12.9. The van der Waals surface area contributed by atoms with Crippen LogP contribution < -0.4 is 10.1 Å². The first-order valence-electron chi connectivity index (χ1n) is 10.5. The van der Waals surface area contributed by atoms with Gasteiger partial charge in [-0.15, -0.1) is 0 Å². The summed E-state index contributed by atoms with van der Waals surface area (Å²) in [6.07, 6.45) is 1.01. The maximum Gasteiger partial charge on any atom is 0.247 e. The molecule has 8 nitrogen and oxygen atoms in total. The van der Waals surface area contributed by atoms with E-state index < -0.39 is 33.2 Å². The van der Waals surface area contributed by atoms with Gasteiger partial charge in [0.1, 0.15) is 17.1 Å². The predicted molar refractivity (Wildman–Crippen MR) is 121 cm³/mol. The largest absolute Gasteiger partial charge is 0.494 e. The number of sulfonamides is 1. The average Bonchev–Trinajstić information content (AvgIpc) is 2.76. The first kappa shape index (κ1) is 24.7. The molecule has 1 fully saturated rings. The Morgan fingerprint density at radius 2 is 1.85 bits per heavy atom. The number of piperazine rings is 1. The van der Waals surface area contributed by atoms with Crippen molar-refractivity contribution in [2.75, 3.05) is 26.0 Å². The zero-order valence-corrected chi connectivity index (χ0v) is 19.7. The number of ether oxygens (including phenoxy) is 1. The van der Waals surface area contributed by atoms with Crippen molar-refractivity contribution in [2.24, 2.45) is 0 Å². The number of rotatable bonds is 8.